The molecule has 0 aromatic heterocycles. The Morgan fingerprint density at radius 1 is 1.48 bits per heavy atom. The van der Waals surface area contributed by atoms with Crippen molar-refractivity contribution in [3.05, 3.63) is 33.7 Å². The highest BCUT2D eigenvalue weighted by Gasteiger charge is 2.28. The van der Waals surface area contributed by atoms with E-state index in [0.29, 0.717) is 23.0 Å². The number of anilines is 1. The zero-order valence-electron chi connectivity index (χ0n) is 13.1. The van der Waals surface area contributed by atoms with E-state index in [9.17, 15) is 14.4 Å². The van der Waals surface area contributed by atoms with Crippen molar-refractivity contribution in [2.24, 2.45) is 5.92 Å². The van der Waals surface area contributed by atoms with Crippen molar-refractivity contribution in [3.63, 3.8) is 0 Å². The van der Waals surface area contributed by atoms with Crippen LogP contribution in [0.4, 0.5) is 15.3 Å². The Bertz CT molecular complexity index is 768. The van der Waals surface area contributed by atoms with Crippen LogP contribution in [-0.4, -0.2) is 42.0 Å². The van der Waals surface area contributed by atoms with Crippen molar-refractivity contribution in [2.45, 2.75) is 6.42 Å². The standard InChI is InChI=1S/C16H16ClN3O4S/c17-11-3-1-2-10(6-12-14(21)19-16(24)25-12)13(11)20-5-4-9(8-20)7-18-15(22)23/h1-3,6,9,18H,4-5,7-8H2,(H,22,23)(H,19,21,24). The third kappa shape index (κ3) is 4.08. The molecule has 2 heterocycles. The quantitative estimate of drug-likeness (QED) is 0.693. The van der Waals surface area contributed by atoms with Gasteiger partial charge in [-0.15, -0.1) is 0 Å². The molecule has 0 bridgehead atoms. The van der Waals surface area contributed by atoms with Gasteiger partial charge in [0.25, 0.3) is 11.1 Å². The second kappa shape index (κ2) is 7.37. The minimum absolute atomic E-state index is 0.193. The fraction of sp³-hybridized carbons (Fsp3) is 0.312. The van der Waals surface area contributed by atoms with Crippen molar-refractivity contribution >= 4 is 52.4 Å². The Hall–Kier alpha value is -2.19. The van der Waals surface area contributed by atoms with Crippen LogP contribution in [0.5, 0.6) is 0 Å². The smallest absolute Gasteiger partial charge is 0.404 e. The van der Waals surface area contributed by atoms with Crippen LogP contribution in [0.15, 0.2) is 23.1 Å². The van der Waals surface area contributed by atoms with E-state index in [1.807, 2.05) is 6.07 Å². The average Bonchev–Trinajstić information content (AvgIpc) is 3.12. The number of nitrogens with one attached hydrogen (secondary N) is 2. The third-order valence-corrected chi connectivity index (χ3v) is 5.21. The van der Waals surface area contributed by atoms with Gasteiger partial charge in [0.15, 0.2) is 0 Å². The van der Waals surface area contributed by atoms with Crippen LogP contribution in [0.25, 0.3) is 6.08 Å². The number of hydrogen-bond acceptors (Lipinski definition) is 5. The van der Waals surface area contributed by atoms with Crippen LogP contribution in [0.3, 0.4) is 0 Å². The average molecular weight is 382 g/mol. The SMILES string of the molecule is O=C(O)NCC1CCN(c2c(Cl)cccc2C=C2SC(=O)NC2=O)C1. The van der Waals surface area contributed by atoms with Crippen LogP contribution < -0.4 is 15.5 Å². The molecule has 7 nitrogen and oxygen atoms in total. The first kappa shape index (κ1) is 17.6. The molecule has 2 aliphatic heterocycles. The predicted octanol–water partition coefficient (Wildman–Crippen LogP) is 2.76. The van der Waals surface area contributed by atoms with Gasteiger partial charge in [-0.2, -0.15) is 0 Å². The molecule has 3 N–H and O–H groups in total. The van der Waals surface area contributed by atoms with Gasteiger partial charge < -0.3 is 15.3 Å². The highest BCUT2D eigenvalue weighted by atomic mass is 35.5. The number of rotatable bonds is 4. The van der Waals surface area contributed by atoms with Crippen molar-refractivity contribution < 1.29 is 19.5 Å². The molecule has 0 aliphatic carbocycles. The molecule has 2 saturated heterocycles. The maximum absolute atomic E-state index is 11.8. The van der Waals surface area contributed by atoms with Gasteiger partial charge in [0.1, 0.15) is 0 Å². The maximum atomic E-state index is 11.8. The van der Waals surface area contributed by atoms with Crippen molar-refractivity contribution in [2.75, 3.05) is 24.5 Å². The maximum Gasteiger partial charge on any atom is 0.404 e. The van der Waals surface area contributed by atoms with Crippen molar-refractivity contribution in [1.82, 2.24) is 10.6 Å². The first-order chi connectivity index (χ1) is 11.9. The number of carboxylic acid groups (broad SMARTS) is 1. The summed E-state index contributed by atoms with van der Waals surface area (Å²) in [5.41, 5.74) is 1.55. The molecule has 9 heteroatoms. The number of benzene rings is 1. The molecule has 2 fully saturated rings. The number of imide groups is 1. The van der Waals surface area contributed by atoms with Crippen molar-refractivity contribution in [1.29, 1.82) is 0 Å². The number of carbonyl (C=O) groups excluding carboxylic acids is 2. The highest BCUT2D eigenvalue weighted by molar-refractivity contribution is 8.18. The summed E-state index contributed by atoms with van der Waals surface area (Å²) in [5.74, 6) is -0.218. The van der Waals surface area contributed by atoms with E-state index in [1.165, 1.54) is 0 Å². The van der Waals surface area contributed by atoms with E-state index >= 15 is 0 Å². The molecular formula is C16H16ClN3O4S. The third-order valence-electron chi connectivity index (χ3n) is 4.09. The van der Waals surface area contributed by atoms with E-state index < -0.39 is 12.0 Å². The zero-order chi connectivity index (χ0) is 18.0. The Balaban J connectivity index is 1.83. The van der Waals surface area contributed by atoms with Gasteiger partial charge in [0.05, 0.1) is 15.6 Å². The molecule has 132 valence electrons. The lowest BCUT2D eigenvalue weighted by Gasteiger charge is -2.22. The number of thioether (sulfide) groups is 1. The first-order valence-corrected chi connectivity index (χ1v) is 8.88. The van der Waals surface area contributed by atoms with E-state index in [1.54, 1.807) is 18.2 Å². The first-order valence-electron chi connectivity index (χ1n) is 7.69. The Morgan fingerprint density at radius 3 is 2.96 bits per heavy atom. The van der Waals surface area contributed by atoms with Crippen LogP contribution >= 0.6 is 23.4 Å². The highest BCUT2D eigenvalue weighted by Crippen LogP contribution is 2.36. The normalized spacial score (nSPS) is 21.7. The van der Waals surface area contributed by atoms with Crippen molar-refractivity contribution in [3.8, 4) is 0 Å². The van der Waals surface area contributed by atoms with Crippen LogP contribution in [-0.2, 0) is 4.79 Å². The van der Waals surface area contributed by atoms with Gasteiger partial charge in [-0.3, -0.25) is 14.9 Å². The topological polar surface area (TPSA) is 98.7 Å². The molecule has 1 unspecified atom stereocenters. The number of para-hydroxylation sites is 1. The summed E-state index contributed by atoms with van der Waals surface area (Å²) in [6.07, 6.45) is 1.47. The van der Waals surface area contributed by atoms with E-state index in [4.69, 9.17) is 16.7 Å². The summed E-state index contributed by atoms with van der Waals surface area (Å²) >= 11 is 7.24. The van der Waals surface area contributed by atoms with Gasteiger partial charge in [0, 0.05) is 25.2 Å². The van der Waals surface area contributed by atoms with Gasteiger partial charge in [-0.05, 0) is 36.2 Å². The molecule has 2 aliphatic rings. The van der Waals surface area contributed by atoms with Gasteiger partial charge in [-0.1, -0.05) is 23.7 Å². The summed E-state index contributed by atoms with van der Waals surface area (Å²) in [4.78, 5) is 36.2. The van der Waals surface area contributed by atoms with Crippen LogP contribution in [0.1, 0.15) is 12.0 Å². The molecule has 3 rings (SSSR count). The monoisotopic (exact) mass is 381 g/mol. The molecule has 0 saturated carbocycles. The summed E-state index contributed by atoms with van der Waals surface area (Å²) in [6, 6.07) is 5.40. The number of carbonyl (C=O) groups is 3. The largest absolute Gasteiger partial charge is 0.465 e. The van der Waals surface area contributed by atoms with Gasteiger partial charge >= 0.3 is 6.09 Å². The molecule has 0 spiro atoms. The summed E-state index contributed by atoms with van der Waals surface area (Å²) < 4.78 is 0. The number of halogens is 1. The molecule has 1 aromatic carbocycles. The Morgan fingerprint density at radius 2 is 2.28 bits per heavy atom. The summed E-state index contributed by atoms with van der Waals surface area (Å²) in [7, 11) is 0. The fourth-order valence-electron chi connectivity index (χ4n) is 2.98. The zero-order valence-corrected chi connectivity index (χ0v) is 14.7. The number of nitrogens with zero attached hydrogens (tertiary/aromatic N) is 1. The van der Waals surface area contributed by atoms with Gasteiger partial charge in [-0.25, -0.2) is 4.79 Å². The lowest BCUT2D eigenvalue weighted by atomic mass is 10.1. The Kier molecular flexibility index (Phi) is 5.19. The van der Waals surface area contributed by atoms with Crippen LogP contribution in [0, 0.1) is 5.92 Å². The van der Waals surface area contributed by atoms with E-state index in [0.717, 1.165) is 36.0 Å². The molecular weight excluding hydrogens is 366 g/mol. The van der Waals surface area contributed by atoms with E-state index in [-0.39, 0.29) is 11.2 Å². The van der Waals surface area contributed by atoms with Crippen LogP contribution in [0.2, 0.25) is 5.02 Å². The molecule has 3 amide bonds. The molecule has 1 aromatic rings. The van der Waals surface area contributed by atoms with E-state index in [2.05, 4.69) is 15.5 Å². The number of amides is 3. The predicted molar refractivity (Wildman–Crippen MR) is 96.9 cm³/mol. The van der Waals surface area contributed by atoms with Gasteiger partial charge in [0.2, 0.25) is 0 Å². The minimum atomic E-state index is -1.03. The minimum Gasteiger partial charge on any atom is -0.465 e. The molecule has 25 heavy (non-hydrogen) atoms. The Labute approximate surface area is 153 Å². The lowest BCUT2D eigenvalue weighted by Crippen LogP contribution is -2.30. The molecule has 1 atom stereocenters. The summed E-state index contributed by atoms with van der Waals surface area (Å²) in [6.45, 7) is 1.79. The lowest BCUT2D eigenvalue weighted by molar-refractivity contribution is -0.115. The summed E-state index contributed by atoms with van der Waals surface area (Å²) in [5, 5.41) is 13.5. The fourth-order valence-corrected chi connectivity index (χ4v) is 3.95. The number of hydrogen-bond donors (Lipinski definition) is 3. The molecule has 0 radical (unpaired) electrons. The second-order valence-corrected chi connectivity index (χ2v) is 7.24. The second-order valence-electron chi connectivity index (χ2n) is 5.82.